The summed E-state index contributed by atoms with van der Waals surface area (Å²) in [5, 5.41) is 33.1. The smallest absolute Gasteiger partial charge is 0.362 e. The van der Waals surface area contributed by atoms with Crippen molar-refractivity contribution in [1.82, 2.24) is 34.5 Å². The normalized spacial score (nSPS) is 20.2. The number of hydrogen-bond acceptors (Lipinski definition) is 14. The molecule has 43 heavy (non-hydrogen) atoms. The Kier molecular flexibility index (Phi) is 8.84. The number of nitrogen functional groups attached to an aromatic ring is 1. The predicted molar refractivity (Wildman–Crippen MR) is 149 cm³/mol. The maximum Gasteiger partial charge on any atom is 0.362 e. The minimum absolute atomic E-state index is 0.0613. The molecule has 0 spiro atoms. The summed E-state index contributed by atoms with van der Waals surface area (Å²) in [6, 6.07) is -3.39. The van der Waals surface area contributed by atoms with Crippen molar-refractivity contribution in [3.05, 3.63) is 23.0 Å². The van der Waals surface area contributed by atoms with Gasteiger partial charge in [0.1, 0.15) is 23.5 Å². The van der Waals surface area contributed by atoms with Gasteiger partial charge in [0.15, 0.2) is 16.8 Å². The molecule has 2 fully saturated rings. The molecular weight excluding hydrogens is 612 g/mol. The third kappa shape index (κ3) is 6.65. The Hall–Kier alpha value is -4.41. The van der Waals surface area contributed by atoms with Crippen LogP contribution in [0.25, 0.3) is 0 Å². The molecule has 2 aromatic heterocycles. The number of thiazole rings is 1. The van der Waals surface area contributed by atoms with Crippen LogP contribution in [0.3, 0.4) is 0 Å². The lowest BCUT2D eigenvalue weighted by Crippen LogP contribution is -2.73. The number of nitrogens with zero attached hydrogens (tertiary/aromatic N) is 7. The molecule has 3 atom stereocenters. The Morgan fingerprint density at radius 1 is 1.42 bits per heavy atom. The number of nitrogens with two attached hydrogens (primary N) is 3. The van der Waals surface area contributed by atoms with E-state index in [9.17, 15) is 32.5 Å². The van der Waals surface area contributed by atoms with E-state index >= 15 is 0 Å². The van der Waals surface area contributed by atoms with Crippen LogP contribution in [0.5, 0.6) is 0 Å². The van der Waals surface area contributed by atoms with Crippen molar-refractivity contribution in [1.29, 1.82) is 5.41 Å². The highest BCUT2D eigenvalue weighted by molar-refractivity contribution is 7.84. The zero-order valence-electron chi connectivity index (χ0n) is 22.7. The van der Waals surface area contributed by atoms with Crippen molar-refractivity contribution in [2.45, 2.75) is 56.5 Å². The zero-order valence-corrected chi connectivity index (χ0v) is 24.3. The van der Waals surface area contributed by atoms with E-state index < -0.39 is 57.5 Å². The van der Waals surface area contributed by atoms with Crippen LogP contribution < -0.4 is 22.5 Å². The average molecular weight is 643 g/mol. The Labute approximate surface area is 248 Å². The molecule has 22 heteroatoms. The van der Waals surface area contributed by atoms with E-state index in [0.29, 0.717) is 25.2 Å². The van der Waals surface area contributed by atoms with Crippen LogP contribution in [0.15, 0.2) is 16.7 Å². The van der Waals surface area contributed by atoms with Gasteiger partial charge in [-0.1, -0.05) is 5.16 Å². The fourth-order valence-electron chi connectivity index (χ4n) is 4.24. The number of carbonyl (C=O) groups excluding carboxylic acids is 2. The van der Waals surface area contributed by atoms with Crippen LogP contribution in [0, 0.1) is 5.41 Å². The fourth-order valence-corrected chi connectivity index (χ4v) is 5.66. The third-order valence-corrected chi connectivity index (χ3v) is 8.42. The lowest BCUT2D eigenvalue weighted by atomic mass is 9.98. The number of hydrogen-bond donors (Lipinski definition) is 7. The number of nitrogens with one attached hydrogen (secondary N) is 2. The van der Waals surface area contributed by atoms with E-state index in [1.165, 1.54) is 16.5 Å². The van der Waals surface area contributed by atoms with Crippen molar-refractivity contribution in [3.8, 4) is 0 Å². The fraction of sp³-hybridized carbons (Fsp3) is 0.524. The standard InChI is InChI=1S/C21H30N12O8S2/c1-10(31(19(23)24)6-2-5-22)11-7-26-32(29-11)8-13-15(17(35)33(13)43(38,39)40)28-16(34)14(12-9-42-20(25)27-12)30-41-21(3-4-21)18(36)37/h7,9-10,13,15H,2-6,8,22H2,1H3,(H3,23,24)(H2,25,27)(H,28,34)(H,36,37)(H,38,39,40)/t10?,13-,15-/m0/s1. The molecular formula is C21H30N12O8S2. The number of anilines is 1. The number of guanidine groups is 1. The Balaban J connectivity index is 1.56. The Morgan fingerprint density at radius 2 is 2.12 bits per heavy atom. The first-order valence-corrected chi connectivity index (χ1v) is 15.0. The molecule has 10 N–H and O–H groups in total. The van der Waals surface area contributed by atoms with Crippen molar-refractivity contribution in [3.63, 3.8) is 0 Å². The van der Waals surface area contributed by atoms with E-state index in [1.54, 1.807) is 6.92 Å². The van der Waals surface area contributed by atoms with Gasteiger partial charge in [-0.25, -0.2) is 14.1 Å². The molecule has 1 aliphatic carbocycles. The molecule has 0 radical (unpaired) electrons. The van der Waals surface area contributed by atoms with Gasteiger partial charge in [-0.15, -0.1) is 11.3 Å². The number of carbonyl (C=O) groups is 3. The number of rotatable bonds is 14. The second kappa shape index (κ2) is 12.1. The van der Waals surface area contributed by atoms with E-state index in [-0.39, 0.29) is 40.5 Å². The molecule has 4 rings (SSSR count). The second-order valence-corrected chi connectivity index (χ2v) is 11.9. The van der Waals surface area contributed by atoms with Crippen LogP contribution in [0.2, 0.25) is 0 Å². The molecule has 1 saturated heterocycles. The lowest BCUT2D eigenvalue weighted by molar-refractivity contribution is -0.153. The van der Waals surface area contributed by atoms with E-state index in [2.05, 4.69) is 25.7 Å². The summed E-state index contributed by atoms with van der Waals surface area (Å²) in [5.74, 6) is -3.71. The highest BCUT2D eigenvalue weighted by atomic mass is 32.2. The number of β-lactam (4-membered cyclic amide) rings is 1. The van der Waals surface area contributed by atoms with Gasteiger partial charge in [0.05, 0.1) is 18.8 Å². The van der Waals surface area contributed by atoms with Gasteiger partial charge < -0.3 is 37.4 Å². The number of aromatic nitrogens is 4. The lowest BCUT2D eigenvalue weighted by Gasteiger charge is -2.43. The first-order chi connectivity index (χ1) is 20.2. The largest absolute Gasteiger partial charge is 0.478 e. The molecule has 1 saturated carbocycles. The van der Waals surface area contributed by atoms with Gasteiger partial charge in [-0.3, -0.25) is 19.6 Å². The van der Waals surface area contributed by atoms with E-state index in [1.807, 2.05) is 0 Å². The van der Waals surface area contributed by atoms with Gasteiger partial charge in [0.25, 0.3) is 11.8 Å². The Bertz CT molecular complexity index is 1550. The minimum Gasteiger partial charge on any atom is -0.478 e. The molecule has 3 heterocycles. The number of aliphatic carboxylic acids is 1. The zero-order chi connectivity index (χ0) is 31.7. The molecule has 2 amide bonds. The summed E-state index contributed by atoms with van der Waals surface area (Å²) in [7, 11) is -5.05. The molecule has 0 aromatic carbocycles. The summed E-state index contributed by atoms with van der Waals surface area (Å²) in [4.78, 5) is 49.3. The van der Waals surface area contributed by atoms with Crippen molar-refractivity contribution in [2.24, 2.45) is 16.6 Å². The Morgan fingerprint density at radius 3 is 2.65 bits per heavy atom. The first kappa shape index (κ1) is 31.5. The summed E-state index contributed by atoms with van der Waals surface area (Å²) in [6.45, 7) is 2.07. The number of carboxylic acids is 1. The highest BCUT2D eigenvalue weighted by Crippen LogP contribution is 2.40. The van der Waals surface area contributed by atoms with E-state index in [4.69, 9.17) is 27.4 Å². The summed E-state index contributed by atoms with van der Waals surface area (Å²) >= 11 is 0.959. The van der Waals surface area contributed by atoms with Gasteiger partial charge in [0, 0.05) is 24.8 Å². The van der Waals surface area contributed by atoms with Gasteiger partial charge in [-0.2, -0.15) is 23.4 Å². The van der Waals surface area contributed by atoms with Gasteiger partial charge in [0.2, 0.25) is 5.60 Å². The van der Waals surface area contributed by atoms with Gasteiger partial charge >= 0.3 is 16.3 Å². The number of carboxylic acid groups (broad SMARTS) is 1. The van der Waals surface area contributed by atoms with Crippen LogP contribution in [0.4, 0.5) is 5.13 Å². The third-order valence-electron chi connectivity index (χ3n) is 6.80. The summed E-state index contributed by atoms with van der Waals surface area (Å²) < 4.78 is 33.8. The maximum atomic E-state index is 13.3. The number of amides is 2. The quantitative estimate of drug-likeness (QED) is 0.0367. The van der Waals surface area contributed by atoms with Crippen LogP contribution in [-0.4, -0.2) is 107 Å². The van der Waals surface area contributed by atoms with Gasteiger partial charge in [-0.05, 0) is 19.9 Å². The molecule has 2 aromatic rings. The molecule has 2 aliphatic rings. The molecule has 1 unspecified atom stereocenters. The highest BCUT2D eigenvalue weighted by Gasteiger charge is 2.56. The second-order valence-electron chi connectivity index (χ2n) is 9.75. The first-order valence-electron chi connectivity index (χ1n) is 12.7. The predicted octanol–water partition coefficient (Wildman–Crippen LogP) is -2.54. The molecule has 234 valence electrons. The van der Waals surface area contributed by atoms with Crippen LogP contribution >= 0.6 is 11.3 Å². The molecule has 1 aliphatic heterocycles. The maximum absolute atomic E-state index is 13.3. The van der Waals surface area contributed by atoms with Crippen LogP contribution in [0.1, 0.15) is 43.6 Å². The SMILES string of the molecule is CC(c1cnn(C[C@H]2[C@H](NC(=O)C(=NOC3(C(=O)O)CC3)c3csc(N)n3)C(=O)N2S(=O)(=O)O)n1)N(CCCN)C(=N)N. The van der Waals surface area contributed by atoms with Crippen molar-refractivity contribution >= 4 is 56.2 Å². The topological polar surface area (TPSA) is 311 Å². The van der Waals surface area contributed by atoms with E-state index in [0.717, 1.165) is 16.1 Å². The molecule has 20 nitrogen and oxygen atoms in total. The number of oxime groups is 1. The van der Waals surface area contributed by atoms with Crippen LogP contribution in [-0.2, 0) is 36.1 Å². The summed E-state index contributed by atoms with van der Waals surface area (Å²) in [5.41, 5.74) is 15.1. The summed E-state index contributed by atoms with van der Waals surface area (Å²) in [6.07, 6.45) is 2.22. The molecule has 0 bridgehead atoms. The monoisotopic (exact) mass is 642 g/mol. The van der Waals surface area contributed by atoms with Crippen molar-refractivity contribution in [2.75, 3.05) is 18.8 Å². The average Bonchev–Trinajstić information content (AvgIpc) is 3.36. The van der Waals surface area contributed by atoms with Crippen molar-refractivity contribution < 1.29 is 37.3 Å². The minimum atomic E-state index is -5.05.